The molecule has 0 spiro atoms. The minimum atomic E-state index is -4.67. The molecule has 0 aliphatic rings. The highest BCUT2D eigenvalue weighted by Crippen LogP contribution is 2.39. The summed E-state index contributed by atoms with van der Waals surface area (Å²) in [6.07, 6.45) is -4.67. The summed E-state index contributed by atoms with van der Waals surface area (Å²) in [6.45, 7) is 2.40. The molecule has 9 nitrogen and oxygen atoms in total. The highest BCUT2D eigenvalue weighted by atomic mass is 35.5. The topological polar surface area (TPSA) is 122 Å². The molecule has 210 valence electrons. The van der Waals surface area contributed by atoms with E-state index in [1.54, 1.807) is 6.07 Å². The van der Waals surface area contributed by atoms with Gasteiger partial charge in [-0.2, -0.15) is 13.2 Å². The normalized spacial score (nSPS) is 11.4. The Morgan fingerprint density at radius 2 is 1.48 bits per heavy atom. The quantitative estimate of drug-likeness (QED) is 0.0901. The van der Waals surface area contributed by atoms with Crippen LogP contribution in [0.3, 0.4) is 0 Å². The predicted octanol–water partition coefficient (Wildman–Crippen LogP) is 6.31. The molecule has 13 heteroatoms. The molecule has 0 N–H and O–H groups in total. The summed E-state index contributed by atoms with van der Waals surface area (Å²) in [5.74, 6) is -4.50. The lowest BCUT2D eigenvalue weighted by Crippen LogP contribution is -2.52. The number of carbonyl (C=O) groups is 3. The first-order chi connectivity index (χ1) is 18.9. The van der Waals surface area contributed by atoms with E-state index in [-0.39, 0.29) is 30.3 Å². The van der Waals surface area contributed by atoms with Gasteiger partial charge in [0.25, 0.3) is 11.1 Å². The maximum absolute atomic E-state index is 14.1. The lowest BCUT2D eigenvalue weighted by Gasteiger charge is -2.28. The Bertz CT molecular complexity index is 1430. The molecule has 0 heterocycles. The van der Waals surface area contributed by atoms with Gasteiger partial charge in [-0.25, -0.2) is 9.59 Å². The third-order valence-electron chi connectivity index (χ3n) is 5.61. The van der Waals surface area contributed by atoms with Crippen molar-refractivity contribution in [2.75, 3.05) is 13.2 Å². The highest BCUT2D eigenvalue weighted by Gasteiger charge is 2.58. The molecule has 0 saturated heterocycles. The number of ether oxygens (including phenoxy) is 3. The fourth-order valence-corrected chi connectivity index (χ4v) is 4.03. The Labute approximate surface area is 230 Å². The fraction of sp³-hybridized carbons (Fsp3) is 0.222. The number of Topliss-reactive ketones (excluding diaryl/α,β-unsaturated/α-hetero) is 1. The molecule has 0 unspecified atom stereocenters. The van der Waals surface area contributed by atoms with Crippen LogP contribution in [-0.4, -0.2) is 35.9 Å². The van der Waals surface area contributed by atoms with Crippen LogP contribution >= 0.6 is 11.6 Å². The maximum Gasteiger partial charge on any atom is 0.416 e. The van der Waals surface area contributed by atoms with E-state index in [0.717, 1.165) is 24.3 Å². The van der Waals surface area contributed by atoms with Crippen LogP contribution in [0.15, 0.2) is 66.7 Å². The van der Waals surface area contributed by atoms with Gasteiger partial charge < -0.3 is 14.2 Å². The van der Waals surface area contributed by atoms with Crippen LogP contribution in [0.5, 0.6) is 11.5 Å². The Morgan fingerprint density at radius 1 is 0.875 bits per heavy atom. The van der Waals surface area contributed by atoms with Crippen LogP contribution in [0.4, 0.5) is 18.9 Å². The monoisotopic (exact) mass is 579 g/mol. The number of rotatable bonds is 10. The van der Waals surface area contributed by atoms with Gasteiger partial charge in [-0.15, -0.1) is 0 Å². The van der Waals surface area contributed by atoms with Gasteiger partial charge >= 0.3 is 18.1 Å². The zero-order valence-corrected chi connectivity index (χ0v) is 21.7. The number of alkyl halides is 3. The SMILES string of the molecule is CCOC(=O)C(C(=O)OCC)(C(=O)c1cc(Oc2ccc(C(F)(F)F)cc2Cl)ccc1[N+](=O)[O-])c1ccccc1. The molecule has 0 atom stereocenters. The molecule has 3 aromatic carbocycles. The van der Waals surface area contributed by atoms with Crippen LogP contribution in [-0.2, 0) is 30.7 Å². The van der Waals surface area contributed by atoms with E-state index in [1.807, 2.05) is 0 Å². The van der Waals surface area contributed by atoms with Crippen molar-refractivity contribution in [1.82, 2.24) is 0 Å². The van der Waals surface area contributed by atoms with Gasteiger partial charge in [0, 0.05) is 6.07 Å². The van der Waals surface area contributed by atoms with Gasteiger partial charge in [0.15, 0.2) is 0 Å². The van der Waals surface area contributed by atoms with E-state index in [9.17, 15) is 37.7 Å². The van der Waals surface area contributed by atoms with Crippen molar-refractivity contribution in [3.05, 3.63) is 98.6 Å². The van der Waals surface area contributed by atoms with E-state index in [1.165, 1.54) is 38.1 Å². The Kier molecular flexibility index (Phi) is 9.15. The minimum absolute atomic E-state index is 0.164. The second-order valence-electron chi connectivity index (χ2n) is 8.07. The summed E-state index contributed by atoms with van der Waals surface area (Å²) in [4.78, 5) is 51.8. The number of nitro groups is 1. The average molecular weight is 580 g/mol. The Morgan fingerprint density at radius 3 is 1.98 bits per heavy atom. The molecule has 0 radical (unpaired) electrons. The van der Waals surface area contributed by atoms with Crippen molar-refractivity contribution in [2.45, 2.75) is 25.4 Å². The number of benzene rings is 3. The maximum atomic E-state index is 14.1. The van der Waals surface area contributed by atoms with Crippen molar-refractivity contribution >= 4 is 35.0 Å². The molecular weight excluding hydrogens is 559 g/mol. The van der Waals surface area contributed by atoms with Crippen molar-refractivity contribution in [2.24, 2.45) is 0 Å². The summed E-state index contributed by atoms with van der Waals surface area (Å²) in [6, 6.07) is 12.1. The third-order valence-corrected chi connectivity index (χ3v) is 5.90. The molecule has 0 aliphatic heterocycles. The van der Waals surface area contributed by atoms with Gasteiger partial charge in [0.05, 0.1) is 28.7 Å². The van der Waals surface area contributed by atoms with Gasteiger partial charge in [0.1, 0.15) is 17.1 Å². The number of halogens is 4. The van der Waals surface area contributed by atoms with Crippen molar-refractivity contribution in [3.8, 4) is 11.5 Å². The molecule has 0 fully saturated rings. The molecular formula is C27H21ClF3NO8. The van der Waals surface area contributed by atoms with Crippen LogP contribution < -0.4 is 4.74 Å². The first-order valence-electron chi connectivity index (χ1n) is 11.7. The minimum Gasteiger partial charge on any atom is -0.465 e. The van der Waals surface area contributed by atoms with E-state index in [4.69, 9.17) is 25.8 Å². The number of hydrogen-bond acceptors (Lipinski definition) is 8. The van der Waals surface area contributed by atoms with Crippen LogP contribution in [0, 0.1) is 10.1 Å². The zero-order valence-electron chi connectivity index (χ0n) is 21.0. The summed E-state index contributed by atoms with van der Waals surface area (Å²) in [7, 11) is 0. The van der Waals surface area contributed by atoms with E-state index >= 15 is 0 Å². The number of nitrogens with zero attached hydrogens (tertiary/aromatic N) is 1. The second-order valence-corrected chi connectivity index (χ2v) is 8.47. The molecule has 0 aromatic heterocycles. The van der Waals surface area contributed by atoms with Gasteiger partial charge in [-0.05, 0) is 49.7 Å². The van der Waals surface area contributed by atoms with E-state index in [2.05, 4.69) is 0 Å². The van der Waals surface area contributed by atoms with Crippen LogP contribution in [0.25, 0.3) is 0 Å². The molecule has 0 saturated carbocycles. The first kappa shape index (κ1) is 30.1. The molecule has 0 bridgehead atoms. The molecule has 0 aliphatic carbocycles. The van der Waals surface area contributed by atoms with Crippen molar-refractivity contribution in [1.29, 1.82) is 0 Å². The highest BCUT2D eigenvalue weighted by molar-refractivity contribution is 6.32. The van der Waals surface area contributed by atoms with Crippen molar-refractivity contribution in [3.63, 3.8) is 0 Å². The third kappa shape index (κ3) is 5.91. The van der Waals surface area contributed by atoms with Crippen LogP contribution in [0.1, 0.15) is 35.3 Å². The fourth-order valence-electron chi connectivity index (χ4n) is 3.81. The number of hydrogen-bond donors (Lipinski definition) is 0. The number of nitro benzene ring substituents is 1. The van der Waals surface area contributed by atoms with Crippen molar-refractivity contribution < 1.29 is 46.7 Å². The number of carbonyl (C=O) groups excluding carboxylic acids is 3. The Balaban J connectivity index is 2.22. The lowest BCUT2D eigenvalue weighted by atomic mass is 9.73. The smallest absolute Gasteiger partial charge is 0.416 e. The molecule has 40 heavy (non-hydrogen) atoms. The van der Waals surface area contributed by atoms with Gasteiger partial charge in [-0.1, -0.05) is 41.9 Å². The van der Waals surface area contributed by atoms with Gasteiger partial charge in [0.2, 0.25) is 5.78 Å². The average Bonchev–Trinajstić information content (AvgIpc) is 2.90. The Hall–Kier alpha value is -4.45. The zero-order chi connectivity index (χ0) is 29.7. The number of ketones is 1. The predicted molar refractivity (Wildman–Crippen MR) is 135 cm³/mol. The number of esters is 2. The largest absolute Gasteiger partial charge is 0.465 e. The molecule has 3 rings (SSSR count). The summed E-state index contributed by atoms with van der Waals surface area (Å²) < 4.78 is 54.7. The van der Waals surface area contributed by atoms with E-state index < -0.39 is 56.1 Å². The summed E-state index contributed by atoms with van der Waals surface area (Å²) >= 11 is 5.95. The lowest BCUT2D eigenvalue weighted by molar-refractivity contribution is -0.385. The molecule has 3 aromatic rings. The summed E-state index contributed by atoms with van der Waals surface area (Å²) in [5, 5.41) is 11.5. The standard InChI is InChI=1S/C27H21ClF3NO8/c1-3-38-24(34)26(25(35)39-4-2,16-8-6-5-7-9-16)23(33)19-15-18(11-12-21(19)32(36)37)40-22-13-10-17(14-20(22)28)27(29,30)31/h5-15H,3-4H2,1-2H3. The second kappa shape index (κ2) is 12.2. The molecule has 0 amide bonds. The van der Waals surface area contributed by atoms with Crippen LogP contribution in [0.2, 0.25) is 5.02 Å². The summed E-state index contributed by atoms with van der Waals surface area (Å²) in [5.41, 5.74) is -5.51. The van der Waals surface area contributed by atoms with E-state index in [0.29, 0.717) is 12.1 Å². The first-order valence-corrected chi connectivity index (χ1v) is 12.0. The van der Waals surface area contributed by atoms with Gasteiger partial charge in [-0.3, -0.25) is 14.9 Å².